The van der Waals surface area contributed by atoms with E-state index in [9.17, 15) is 9.50 Å². The fourth-order valence-corrected chi connectivity index (χ4v) is 1.24. The van der Waals surface area contributed by atoms with Crippen molar-refractivity contribution in [2.45, 2.75) is 6.92 Å². The summed E-state index contributed by atoms with van der Waals surface area (Å²) in [5, 5.41) is 11.9. The lowest BCUT2D eigenvalue weighted by Gasteiger charge is -2.10. The first kappa shape index (κ1) is 7.98. The maximum absolute atomic E-state index is 12.8. The Balaban J connectivity index is 2.89. The van der Waals surface area contributed by atoms with E-state index < -0.39 is 11.6 Å². The number of halogens is 1. The molecule has 0 saturated carbocycles. The summed E-state index contributed by atoms with van der Waals surface area (Å²) in [6, 6.07) is 6.28. The number of fused-ring (bicyclic) bond motifs is 1. The number of nitrogens with zero attached hydrogens (tertiary/aromatic N) is 1. The van der Waals surface area contributed by atoms with Crippen molar-refractivity contribution in [1.29, 1.82) is 0 Å². The van der Waals surface area contributed by atoms with Crippen LogP contribution in [0.5, 0.6) is 5.75 Å². The molecule has 1 aromatic heterocycles. The third kappa shape index (κ3) is 1.22. The number of aryl methyl sites for hydroxylation is 1. The first-order chi connectivity index (χ1) is 6.18. The Morgan fingerprint density at radius 2 is 1.92 bits per heavy atom. The van der Waals surface area contributed by atoms with Gasteiger partial charge < -0.3 is 5.11 Å². The third-order valence-corrected chi connectivity index (χ3v) is 1.91. The van der Waals surface area contributed by atoms with Crippen LogP contribution in [-0.2, 0) is 0 Å². The van der Waals surface area contributed by atoms with Gasteiger partial charge in [0.2, 0.25) is 0 Å². The van der Waals surface area contributed by atoms with Gasteiger partial charge >= 0.3 is 0 Å². The number of hydrogen-bond donors (Lipinski definition) is 0. The summed E-state index contributed by atoms with van der Waals surface area (Å²) in [6.07, 6.45) is 0. The summed E-state index contributed by atoms with van der Waals surface area (Å²) < 4.78 is 12.8. The number of hydrogen-bond acceptors (Lipinski definition) is 2. The zero-order valence-electron chi connectivity index (χ0n) is 7.04. The Hall–Kier alpha value is -1.64. The molecular weight excluding hydrogens is 169 g/mol. The summed E-state index contributed by atoms with van der Waals surface area (Å²) in [5.41, 5.74) is 0.926. The topological polar surface area (TPSA) is 36.0 Å². The fourth-order valence-electron chi connectivity index (χ4n) is 1.24. The molecule has 1 aromatic carbocycles. The lowest BCUT2D eigenvalue weighted by Crippen LogP contribution is -1.97. The Kier molecular flexibility index (Phi) is 1.65. The second-order valence-electron chi connectivity index (χ2n) is 2.90. The second-order valence-corrected chi connectivity index (χ2v) is 2.90. The van der Waals surface area contributed by atoms with Crippen LogP contribution >= 0.6 is 0 Å². The van der Waals surface area contributed by atoms with Crippen LogP contribution in [0.3, 0.4) is 0 Å². The normalized spacial score (nSPS) is 10.6. The molecule has 0 amide bonds. The van der Waals surface area contributed by atoms with Gasteiger partial charge in [-0.3, -0.25) is 4.98 Å². The minimum atomic E-state index is -0.745. The maximum Gasteiger partial charge on any atom is 0.117 e. The van der Waals surface area contributed by atoms with E-state index in [-0.39, 0.29) is 5.52 Å². The largest absolute Gasteiger partial charge is 0.869 e. The molecule has 1 heterocycles. The molecule has 0 bridgehead atoms. The van der Waals surface area contributed by atoms with Crippen molar-refractivity contribution in [1.82, 2.24) is 4.98 Å². The summed E-state index contributed by atoms with van der Waals surface area (Å²) in [7, 11) is 0. The van der Waals surface area contributed by atoms with Crippen LogP contribution in [0.1, 0.15) is 5.69 Å². The highest BCUT2D eigenvalue weighted by Gasteiger charge is 1.99. The molecule has 0 fully saturated rings. The van der Waals surface area contributed by atoms with E-state index in [1.807, 2.05) is 0 Å². The van der Waals surface area contributed by atoms with Crippen molar-refractivity contribution in [3.63, 3.8) is 0 Å². The first-order valence-corrected chi connectivity index (χ1v) is 3.91. The van der Waals surface area contributed by atoms with Crippen molar-refractivity contribution < 1.29 is 9.50 Å². The van der Waals surface area contributed by atoms with E-state index >= 15 is 0 Å². The molecule has 0 aliphatic heterocycles. The minimum absolute atomic E-state index is 0.208. The molecule has 0 saturated heterocycles. The van der Waals surface area contributed by atoms with E-state index in [1.165, 1.54) is 6.07 Å². The van der Waals surface area contributed by atoms with Crippen molar-refractivity contribution in [3.05, 3.63) is 35.8 Å². The Morgan fingerprint density at radius 3 is 2.69 bits per heavy atom. The van der Waals surface area contributed by atoms with Crippen LogP contribution in [-0.4, -0.2) is 4.98 Å². The highest BCUT2D eigenvalue weighted by atomic mass is 19.1. The molecule has 0 unspecified atom stereocenters. The second kappa shape index (κ2) is 2.69. The van der Waals surface area contributed by atoms with Gasteiger partial charge in [0, 0.05) is 5.69 Å². The molecule has 0 aliphatic rings. The Morgan fingerprint density at radius 1 is 1.23 bits per heavy atom. The monoisotopic (exact) mass is 176 g/mol. The van der Waals surface area contributed by atoms with Gasteiger partial charge in [0.05, 0.1) is 5.52 Å². The average molecular weight is 176 g/mol. The Bertz CT molecular complexity index is 462. The van der Waals surface area contributed by atoms with Gasteiger partial charge in [-0.2, -0.15) is 0 Å². The molecule has 0 radical (unpaired) electrons. The average Bonchev–Trinajstić information content (AvgIpc) is 2.12. The van der Waals surface area contributed by atoms with Crippen molar-refractivity contribution in [2.75, 3.05) is 0 Å². The van der Waals surface area contributed by atoms with Gasteiger partial charge in [0.15, 0.2) is 0 Å². The summed E-state index contributed by atoms with van der Waals surface area (Å²) in [6.45, 7) is 1.77. The summed E-state index contributed by atoms with van der Waals surface area (Å²) in [4.78, 5) is 3.98. The molecule has 2 aromatic rings. The van der Waals surface area contributed by atoms with Gasteiger partial charge in [-0.25, -0.2) is 4.39 Å². The molecule has 0 atom stereocenters. The summed E-state index contributed by atoms with van der Waals surface area (Å²) in [5.74, 6) is -1.37. The lowest BCUT2D eigenvalue weighted by atomic mass is 10.2. The van der Waals surface area contributed by atoms with Crippen LogP contribution in [0, 0.1) is 12.7 Å². The quantitative estimate of drug-likeness (QED) is 0.613. The van der Waals surface area contributed by atoms with E-state index in [2.05, 4.69) is 4.98 Å². The predicted molar refractivity (Wildman–Crippen MR) is 45.9 cm³/mol. The highest BCUT2D eigenvalue weighted by Crippen LogP contribution is 2.23. The molecule has 0 spiro atoms. The SMILES string of the molecule is Cc1ccc2ccc(F)c([O-])c2n1. The van der Waals surface area contributed by atoms with Gasteiger partial charge in [-0.1, -0.05) is 6.07 Å². The van der Waals surface area contributed by atoms with Gasteiger partial charge in [0.1, 0.15) is 5.82 Å². The van der Waals surface area contributed by atoms with Gasteiger partial charge in [-0.15, -0.1) is 0 Å². The van der Waals surface area contributed by atoms with Crippen LogP contribution in [0.15, 0.2) is 24.3 Å². The van der Waals surface area contributed by atoms with Crippen molar-refractivity contribution in [3.8, 4) is 5.75 Å². The molecule has 66 valence electrons. The molecule has 2 rings (SSSR count). The minimum Gasteiger partial charge on any atom is -0.869 e. The lowest BCUT2D eigenvalue weighted by molar-refractivity contribution is -0.270. The van der Waals surface area contributed by atoms with E-state index in [4.69, 9.17) is 0 Å². The zero-order valence-corrected chi connectivity index (χ0v) is 7.04. The van der Waals surface area contributed by atoms with Crippen LogP contribution in [0.2, 0.25) is 0 Å². The van der Waals surface area contributed by atoms with Crippen LogP contribution in [0.4, 0.5) is 4.39 Å². The first-order valence-electron chi connectivity index (χ1n) is 3.91. The molecule has 0 aliphatic carbocycles. The third-order valence-electron chi connectivity index (χ3n) is 1.91. The molecule has 0 N–H and O–H groups in total. The van der Waals surface area contributed by atoms with E-state index in [0.29, 0.717) is 5.39 Å². The van der Waals surface area contributed by atoms with Crippen LogP contribution < -0.4 is 5.11 Å². The number of benzene rings is 1. The number of pyridine rings is 1. The maximum atomic E-state index is 12.8. The molecule has 3 heteroatoms. The summed E-state index contributed by atoms with van der Waals surface area (Å²) >= 11 is 0. The number of rotatable bonds is 0. The van der Waals surface area contributed by atoms with Crippen LogP contribution in [0.25, 0.3) is 10.9 Å². The Labute approximate surface area is 74.7 Å². The van der Waals surface area contributed by atoms with E-state index in [0.717, 1.165) is 5.69 Å². The fraction of sp³-hybridized carbons (Fsp3) is 0.100. The smallest absolute Gasteiger partial charge is 0.117 e. The van der Waals surface area contributed by atoms with Gasteiger partial charge in [0.25, 0.3) is 0 Å². The number of aromatic nitrogens is 1. The highest BCUT2D eigenvalue weighted by molar-refractivity contribution is 5.84. The van der Waals surface area contributed by atoms with Crippen molar-refractivity contribution >= 4 is 10.9 Å². The van der Waals surface area contributed by atoms with E-state index in [1.54, 1.807) is 25.1 Å². The predicted octanol–water partition coefficient (Wildman–Crippen LogP) is 1.76. The van der Waals surface area contributed by atoms with Gasteiger partial charge in [-0.05, 0) is 36.3 Å². The molecule has 13 heavy (non-hydrogen) atoms. The molecular formula is C10H7FNO-. The molecule has 2 nitrogen and oxygen atoms in total. The standard InChI is InChI=1S/C10H8FNO/c1-6-2-3-7-4-5-8(11)10(13)9(7)12-6/h2-5,13H,1H3/p-1. The van der Waals surface area contributed by atoms with Crippen molar-refractivity contribution in [2.24, 2.45) is 0 Å². The zero-order chi connectivity index (χ0) is 9.42.